The van der Waals surface area contributed by atoms with Crippen LogP contribution in [0.25, 0.3) is 0 Å². The van der Waals surface area contributed by atoms with Crippen LogP contribution in [0.3, 0.4) is 0 Å². The van der Waals surface area contributed by atoms with Crippen LogP contribution in [0.1, 0.15) is 5.69 Å². The fourth-order valence-electron chi connectivity index (χ4n) is 2.01. The molecule has 8 nitrogen and oxygen atoms in total. The first-order chi connectivity index (χ1) is 12.9. The SMILES string of the molecule is COCCNS(=O)(=O)c1ccc(OCC(=O)NCc2ccccn2)c(Cl)c1. The number of pyridine rings is 1. The molecule has 0 bridgehead atoms. The van der Waals surface area contributed by atoms with E-state index >= 15 is 0 Å². The number of rotatable bonds is 10. The average molecular weight is 414 g/mol. The van der Waals surface area contributed by atoms with E-state index in [2.05, 4.69) is 15.0 Å². The van der Waals surface area contributed by atoms with Crippen LogP contribution in [-0.2, 0) is 26.1 Å². The summed E-state index contributed by atoms with van der Waals surface area (Å²) in [6.07, 6.45) is 1.64. The molecule has 2 N–H and O–H groups in total. The van der Waals surface area contributed by atoms with Gasteiger partial charge in [0, 0.05) is 19.9 Å². The molecule has 0 aliphatic heterocycles. The maximum Gasteiger partial charge on any atom is 0.258 e. The summed E-state index contributed by atoms with van der Waals surface area (Å²) in [7, 11) is -2.22. The number of hydrogen-bond acceptors (Lipinski definition) is 6. The summed E-state index contributed by atoms with van der Waals surface area (Å²) in [6, 6.07) is 9.41. The number of amides is 1. The van der Waals surface area contributed by atoms with Gasteiger partial charge in [-0.25, -0.2) is 13.1 Å². The van der Waals surface area contributed by atoms with Gasteiger partial charge >= 0.3 is 0 Å². The highest BCUT2D eigenvalue weighted by Crippen LogP contribution is 2.27. The normalized spacial score (nSPS) is 11.2. The summed E-state index contributed by atoms with van der Waals surface area (Å²) in [5, 5.41) is 2.75. The number of carbonyl (C=O) groups excluding carboxylic acids is 1. The lowest BCUT2D eigenvalue weighted by atomic mass is 10.3. The number of ether oxygens (including phenoxy) is 2. The number of hydrogen-bond donors (Lipinski definition) is 2. The molecule has 10 heteroatoms. The molecule has 0 radical (unpaired) electrons. The van der Waals surface area contributed by atoms with E-state index in [1.807, 2.05) is 6.07 Å². The summed E-state index contributed by atoms with van der Waals surface area (Å²) in [6.45, 7) is 0.415. The molecule has 1 heterocycles. The van der Waals surface area contributed by atoms with Crippen molar-refractivity contribution < 1.29 is 22.7 Å². The van der Waals surface area contributed by atoms with Crippen molar-refractivity contribution in [2.45, 2.75) is 11.4 Å². The topological polar surface area (TPSA) is 107 Å². The van der Waals surface area contributed by atoms with E-state index in [9.17, 15) is 13.2 Å². The van der Waals surface area contributed by atoms with Crippen LogP contribution in [0, 0.1) is 0 Å². The zero-order chi connectivity index (χ0) is 19.7. The summed E-state index contributed by atoms with van der Waals surface area (Å²) < 4.78 is 36.8. The molecule has 27 heavy (non-hydrogen) atoms. The third-order valence-corrected chi connectivity index (χ3v) is 5.12. The molecule has 1 aromatic carbocycles. The van der Waals surface area contributed by atoms with E-state index < -0.39 is 10.0 Å². The van der Waals surface area contributed by atoms with E-state index in [1.165, 1.54) is 25.3 Å². The quantitative estimate of drug-likeness (QED) is 0.569. The number of sulfonamides is 1. The number of methoxy groups -OCH3 is 1. The van der Waals surface area contributed by atoms with Crippen LogP contribution < -0.4 is 14.8 Å². The second-order valence-corrected chi connectivity index (χ2v) is 7.54. The molecule has 0 spiro atoms. The zero-order valence-electron chi connectivity index (χ0n) is 14.6. The minimum atomic E-state index is -3.70. The Morgan fingerprint density at radius 3 is 2.74 bits per heavy atom. The maximum atomic E-state index is 12.1. The zero-order valence-corrected chi connectivity index (χ0v) is 16.2. The Labute approximate surface area is 162 Å². The molecule has 0 saturated carbocycles. The molecule has 0 aliphatic carbocycles. The predicted octanol–water partition coefficient (Wildman–Crippen LogP) is 1.35. The van der Waals surface area contributed by atoms with Crippen LogP contribution in [0.2, 0.25) is 5.02 Å². The molecule has 0 fully saturated rings. The second kappa shape index (κ2) is 10.2. The monoisotopic (exact) mass is 413 g/mol. The average Bonchev–Trinajstić information content (AvgIpc) is 2.66. The van der Waals surface area contributed by atoms with Crippen molar-refractivity contribution in [3.05, 3.63) is 53.3 Å². The first-order valence-corrected chi connectivity index (χ1v) is 9.86. The van der Waals surface area contributed by atoms with Gasteiger partial charge in [0.05, 0.1) is 28.8 Å². The number of benzene rings is 1. The van der Waals surface area contributed by atoms with Gasteiger partial charge in [0.25, 0.3) is 5.91 Å². The molecule has 2 aromatic rings. The van der Waals surface area contributed by atoms with Crippen molar-refractivity contribution in [3.63, 3.8) is 0 Å². The van der Waals surface area contributed by atoms with Gasteiger partial charge in [-0.2, -0.15) is 0 Å². The van der Waals surface area contributed by atoms with Crippen LogP contribution in [-0.4, -0.2) is 46.2 Å². The Hall–Kier alpha value is -2.20. The maximum absolute atomic E-state index is 12.1. The molecule has 0 unspecified atom stereocenters. The Morgan fingerprint density at radius 1 is 1.26 bits per heavy atom. The van der Waals surface area contributed by atoms with Crippen molar-refractivity contribution in [1.29, 1.82) is 0 Å². The highest BCUT2D eigenvalue weighted by molar-refractivity contribution is 7.89. The van der Waals surface area contributed by atoms with E-state index in [0.717, 1.165) is 5.69 Å². The summed E-state index contributed by atoms with van der Waals surface area (Å²) in [5.74, 6) is -0.143. The molecule has 146 valence electrons. The van der Waals surface area contributed by atoms with Crippen molar-refractivity contribution in [3.8, 4) is 5.75 Å². The van der Waals surface area contributed by atoms with Crippen molar-refractivity contribution in [2.24, 2.45) is 0 Å². The van der Waals surface area contributed by atoms with Gasteiger partial charge in [0.15, 0.2) is 6.61 Å². The van der Waals surface area contributed by atoms with Gasteiger partial charge in [-0.15, -0.1) is 0 Å². The first-order valence-electron chi connectivity index (χ1n) is 8.00. The summed E-state index contributed by atoms with van der Waals surface area (Å²) >= 11 is 6.07. The van der Waals surface area contributed by atoms with Crippen molar-refractivity contribution >= 4 is 27.5 Å². The summed E-state index contributed by atoms with van der Waals surface area (Å²) in [4.78, 5) is 15.9. The van der Waals surface area contributed by atoms with E-state index in [-0.39, 0.29) is 47.9 Å². The lowest BCUT2D eigenvalue weighted by Gasteiger charge is -2.11. The molecular weight excluding hydrogens is 394 g/mol. The Balaban J connectivity index is 1.89. The summed E-state index contributed by atoms with van der Waals surface area (Å²) in [5.41, 5.74) is 0.722. The van der Waals surface area contributed by atoms with Gasteiger partial charge in [0.2, 0.25) is 10.0 Å². The largest absolute Gasteiger partial charge is 0.482 e. The van der Waals surface area contributed by atoms with Crippen LogP contribution in [0.15, 0.2) is 47.5 Å². The number of halogens is 1. The third-order valence-electron chi connectivity index (χ3n) is 3.36. The number of nitrogens with one attached hydrogen (secondary N) is 2. The first kappa shape index (κ1) is 21.1. The smallest absolute Gasteiger partial charge is 0.258 e. The van der Waals surface area contributed by atoms with Gasteiger partial charge in [0.1, 0.15) is 5.75 Å². The lowest BCUT2D eigenvalue weighted by molar-refractivity contribution is -0.123. The van der Waals surface area contributed by atoms with Crippen LogP contribution >= 0.6 is 11.6 Å². The fraction of sp³-hybridized carbons (Fsp3) is 0.294. The fourth-order valence-corrected chi connectivity index (χ4v) is 3.35. The Morgan fingerprint density at radius 2 is 2.07 bits per heavy atom. The van der Waals surface area contributed by atoms with Gasteiger partial charge in [-0.05, 0) is 30.3 Å². The van der Waals surface area contributed by atoms with Gasteiger partial charge in [-0.1, -0.05) is 17.7 Å². The standard InChI is InChI=1S/C17H20ClN3O5S/c1-25-9-8-21-27(23,24)14-5-6-16(15(18)10-14)26-12-17(22)20-11-13-4-2-3-7-19-13/h2-7,10,21H,8-9,11-12H2,1H3,(H,20,22). The second-order valence-electron chi connectivity index (χ2n) is 5.37. The van der Waals surface area contributed by atoms with E-state index in [1.54, 1.807) is 18.3 Å². The lowest BCUT2D eigenvalue weighted by Crippen LogP contribution is -2.29. The molecule has 1 aromatic heterocycles. The molecule has 1 amide bonds. The number of carbonyl (C=O) groups is 1. The van der Waals surface area contributed by atoms with Gasteiger partial charge in [-0.3, -0.25) is 9.78 Å². The minimum Gasteiger partial charge on any atom is -0.482 e. The van der Waals surface area contributed by atoms with Crippen molar-refractivity contribution in [2.75, 3.05) is 26.9 Å². The molecule has 0 aliphatic rings. The molecule has 0 atom stereocenters. The Bertz CT molecular complexity index is 862. The van der Waals surface area contributed by atoms with Crippen LogP contribution in [0.4, 0.5) is 0 Å². The number of nitrogens with zero attached hydrogens (tertiary/aromatic N) is 1. The highest BCUT2D eigenvalue weighted by Gasteiger charge is 2.16. The van der Waals surface area contributed by atoms with Crippen molar-refractivity contribution in [1.82, 2.24) is 15.0 Å². The minimum absolute atomic E-state index is 0.00411. The number of aromatic nitrogens is 1. The third kappa shape index (κ3) is 6.79. The molecular formula is C17H20ClN3O5S. The van der Waals surface area contributed by atoms with Crippen LogP contribution in [0.5, 0.6) is 5.75 Å². The molecule has 2 rings (SSSR count). The predicted molar refractivity (Wildman–Crippen MR) is 100 cm³/mol. The van der Waals surface area contributed by atoms with E-state index in [0.29, 0.717) is 0 Å². The highest BCUT2D eigenvalue weighted by atomic mass is 35.5. The molecule has 0 saturated heterocycles. The van der Waals surface area contributed by atoms with E-state index in [4.69, 9.17) is 21.1 Å². The van der Waals surface area contributed by atoms with Gasteiger partial charge < -0.3 is 14.8 Å². The Kier molecular flexibility index (Phi) is 7.99.